The summed E-state index contributed by atoms with van der Waals surface area (Å²) in [6.07, 6.45) is -0.368. The van der Waals surface area contributed by atoms with E-state index >= 15 is 0 Å². The Morgan fingerprint density at radius 2 is 1.93 bits per heavy atom. The summed E-state index contributed by atoms with van der Waals surface area (Å²) in [5.41, 5.74) is 0.779. The molecule has 15 heavy (non-hydrogen) atoms. The number of halogens is 2. The Hall–Kier alpha value is -1.45. The number of hydrogen-bond donors (Lipinski definition) is 0. The predicted octanol–water partition coefficient (Wildman–Crippen LogP) is 2.43. The molecule has 0 aliphatic heterocycles. The third-order valence-corrected chi connectivity index (χ3v) is 2.05. The molecule has 4 heteroatoms. The van der Waals surface area contributed by atoms with Crippen molar-refractivity contribution in [2.24, 2.45) is 0 Å². The minimum absolute atomic E-state index is 0.156. The molecule has 82 valence electrons. The molecule has 0 aliphatic rings. The van der Waals surface area contributed by atoms with Gasteiger partial charge < -0.3 is 4.74 Å². The predicted molar refractivity (Wildman–Crippen MR) is 51.7 cm³/mol. The Bertz CT molecular complexity index is 323. The molecule has 0 spiro atoms. The summed E-state index contributed by atoms with van der Waals surface area (Å²) < 4.78 is 30.1. The Labute approximate surface area is 86.9 Å². The van der Waals surface area contributed by atoms with Crippen LogP contribution in [0.2, 0.25) is 0 Å². The van der Waals surface area contributed by atoms with Crippen LogP contribution in [0, 0.1) is 0 Å². The van der Waals surface area contributed by atoms with Crippen molar-refractivity contribution in [3.8, 4) is 0 Å². The van der Waals surface area contributed by atoms with Crippen molar-refractivity contribution in [3.63, 3.8) is 0 Å². The number of carbonyl (C=O) groups excluding carboxylic acids is 1. The molecule has 0 heterocycles. The van der Waals surface area contributed by atoms with Crippen LogP contribution in [0.4, 0.5) is 8.78 Å². The minimum Gasteiger partial charge on any atom is -0.465 e. The van der Waals surface area contributed by atoms with E-state index in [0.717, 1.165) is 12.7 Å². The third kappa shape index (κ3) is 3.31. The van der Waals surface area contributed by atoms with E-state index in [9.17, 15) is 13.6 Å². The van der Waals surface area contributed by atoms with Gasteiger partial charge in [-0.05, 0) is 12.0 Å². The standard InChI is InChI=1S/C11H12F2O2/c1-15-10(14)11(12,13)8-7-9-5-3-2-4-6-9/h2-6H,7-8H2,1H3. The van der Waals surface area contributed by atoms with Crippen molar-refractivity contribution in [2.45, 2.75) is 18.8 Å². The van der Waals surface area contributed by atoms with Crippen LogP contribution in [-0.2, 0) is 16.0 Å². The first-order valence-corrected chi connectivity index (χ1v) is 4.56. The van der Waals surface area contributed by atoms with Crippen molar-refractivity contribution in [1.82, 2.24) is 0 Å². The number of benzene rings is 1. The Balaban J connectivity index is 2.53. The van der Waals surface area contributed by atoms with Gasteiger partial charge in [0.1, 0.15) is 0 Å². The lowest BCUT2D eigenvalue weighted by Gasteiger charge is -2.12. The summed E-state index contributed by atoms with van der Waals surface area (Å²) >= 11 is 0. The van der Waals surface area contributed by atoms with E-state index in [0.29, 0.717) is 0 Å². The molecule has 2 nitrogen and oxygen atoms in total. The lowest BCUT2D eigenvalue weighted by atomic mass is 10.1. The number of methoxy groups -OCH3 is 1. The number of alkyl halides is 2. The summed E-state index contributed by atoms with van der Waals surface area (Å²) in [4.78, 5) is 10.7. The van der Waals surface area contributed by atoms with Gasteiger partial charge in [0, 0.05) is 6.42 Å². The van der Waals surface area contributed by atoms with Crippen molar-refractivity contribution in [3.05, 3.63) is 35.9 Å². The summed E-state index contributed by atoms with van der Waals surface area (Å²) in [5.74, 6) is -4.87. The number of ether oxygens (including phenoxy) is 1. The molecular weight excluding hydrogens is 202 g/mol. The first-order chi connectivity index (χ1) is 7.06. The van der Waals surface area contributed by atoms with E-state index in [1.165, 1.54) is 0 Å². The van der Waals surface area contributed by atoms with Crippen LogP contribution in [0.25, 0.3) is 0 Å². The fourth-order valence-corrected chi connectivity index (χ4v) is 1.20. The highest BCUT2D eigenvalue weighted by molar-refractivity contribution is 5.77. The molecule has 1 rings (SSSR count). The lowest BCUT2D eigenvalue weighted by molar-refractivity contribution is -0.169. The zero-order valence-electron chi connectivity index (χ0n) is 8.37. The van der Waals surface area contributed by atoms with Crippen LogP contribution in [-0.4, -0.2) is 19.0 Å². The quantitative estimate of drug-likeness (QED) is 0.719. The number of hydrogen-bond acceptors (Lipinski definition) is 2. The van der Waals surface area contributed by atoms with E-state index in [4.69, 9.17) is 0 Å². The van der Waals surface area contributed by atoms with Crippen molar-refractivity contribution < 1.29 is 18.3 Å². The van der Waals surface area contributed by atoms with Crippen molar-refractivity contribution >= 4 is 5.97 Å². The van der Waals surface area contributed by atoms with Gasteiger partial charge >= 0.3 is 11.9 Å². The van der Waals surface area contributed by atoms with E-state index in [2.05, 4.69) is 4.74 Å². The van der Waals surface area contributed by atoms with Crippen LogP contribution in [0.3, 0.4) is 0 Å². The fraction of sp³-hybridized carbons (Fsp3) is 0.364. The molecule has 0 radical (unpaired) electrons. The minimum atomic E-state index is -3.40. The fourth-order valence-electron chi connectivity index (χ4n) is 1.20. The van der Waals surface area contributed by atoms with Gasteiger partial charge in [-0.15, -0.1) is 0 Å². The summed E-state index contributed by atoms with van der Waals surface area (Å²) in [6.45, 7) is 0. The Kier molecular flexibility index (Phi) is 3.77. The van der Waals surface area contributed by atoms with Crippen molar-refractivity contribution in [1.29, 1.82) is 0 Å². The highest BCUT2D eigenvalue weighted by Gasteiger charge is 2.39. The zero-order valence-corrected chi connectivity index (χ0v) is 8.37. The maximum atomic E-state index is 13.0. The molecule has 0 aliphatic carbocycles. The second-order valence-corrected chi connectivity index (χ2v) is 3.18. The number of rotatable bonds is 4. The first kappa shape index (κ1) is 11.6. The van der Waals surface area contributed by atoms with Crippen LogP contribution in [0.5, 0.6) is 0 Å². The molecule has 0 bridgehead atoms. The average molecular weight is 214 g/mol. The molecule has 0 fully saturated rings. The largest absolute Gasteiger partial charge is 0.465 e. The van der Waals surface area contributed by atoms with Crippen LogP contribution >= 0.6 is 0 Å². The molecule has 0 saturated heterocycles. The number of esters is 1. The molecule has 1 aromatic carbocycles. The van der Waals surface area contributed by atoms with Crippen molar-refractivity contribution in [2.75, 3.05) is 7.11 Å². The maximum Gasteiger partial charge on any atom is 0.376 e. The SMILES string of the molecule is COC(=O)C(F)(F)CCc1ccccc1. The molecule has 1 aromatic rings. The van der Waals surface area contributed by atoms with Gasteiger partial charge in [0.05, 0.1) is 7.11 Å². The topological polar surface area (TPSA) is 26.3 Å². The Morgan fingerprint density at radius 1 is 1.33 bits per heavy atom. The smallest absolute Gasteiger partial charge is 0.376 e. The Morgan fingerprint density at radius 3 is 2.47 bits per heavy atom. The molecule has 0 N–H and O–H groups in total. The van der Waals surface area contributed by atoms with Crippen LogP contribution < -0.4 is 0 Å². The molecule has 0 aromatic heterocycles. The van der Waals surface area contributed by atoms with Gasteiger partial charge in [-0.25, -0.2) is 4.79 Å². The maximum absolute atomic E-state index is 13.0. The average Bonchev–Trinajstić information content (AvgIpc) is 2.27. The van der Waals surface area contributed by atoms with E-state index in [1.807, 2.05) is 6.07 Å². The lowest BCUT2D eigenvalue weighted by Crippen LogP contribution is -2.30. The van der Waals surface area contributed by atoms with E-state index in [1.54, 1.807) is 24.3 Å². The highest BCUT2D eigenvalue weighted by Crippen LogP contribution is 2.22. The van der Waals surface area contributed by atoms with E-state index < -0.39 is 18.3 Å². The second kappa shape index (κ2) is 4.87. The molecular formula is C11H12F2O2. The zero-order chi connectivity index (χ0) is 11.3. The van der Waals surface area contributed by atoms with Gasteiger partial charge in [0.2, 0.25) is 0 Å². The number of carbonyl (C=O) groups is 1. The van der Waals surface area contributed by atoms with E-state index in [-0.39, 0.29) is 6.42 Å². The third-order valence-electron chi connectivity index (χ3n) is 2.05. The monoisotopic (exact) mass is 214 g/mol. The molecule has 0 saturated carbocycles. The van der Waals surface area contributed by atoms with Gasteiger partial charge in [-0.1, -0.05) is 30.3 Å². The van der Waals surface area contributed by atoms with Crippen LogP contribution in [0.1, 0.15) is 12.0 Å². The molecule has 0 amide bonds. The highest BCUT2D eigenvalue weighted by atomic mass is 19.3. The normalized spacial score (nSPS) is 11.1. The van der Waals surface area contributed by atoms with Crippen LogP contribution in [0.15, 0.2) is 30.3 Å². The summed E-state index contributed by atoms with van der Waals surface area (Å²) in [5, 5.41) is 0. The number of aryl methyl sites for hydroxylation is 1. The molecule has 0 atom stereocenters. The summed E-state index contributed by atoms with van der Waals surface area (Å²) in [7, 11) is 0.957. The van der Waals surface area contributed by atoms with Gasteiger partial charge in [0.15, 0.2) is 0 Å². The summed E-state index contributed by atoms with van der Waals surface area (Å²) in [6, 6.07) is 8.83. The van der Waals surface area contributed by atoms with Gasteiger partial charge in [-0.2, -0.15) is 8.78 Å². The second-order valence-electron chi connectivity index (χ2n) is 3.18. The van der Waals surface area contributed by atoms with Gasteiger partial charge in [0.25, 0.3) is 0 Å². The molecule has 0 unspecified atom stereocenters. The van der Waals surface area contributed by atoms with Gasteiger partial charge in [-0.3, -0.25) is 0 Å². The first-order valence-electron chi connectivity index (χ1n) is 4.56.